The van der Waals surface area contributed by atoms with Crippen LogP contribution in [-0.4, -0.2) is 29.8 Å². The molecule has 0 spiro atoms. The lowest BCUT2D eigenvalue weighted by atomic mass is 10.1. The molecule has 2 aromatic carbocycles. The highest BCUT2D eigenvalue weighted by Gasteiger charge is 2.23. The summed E-state index contributed by atoms with van der Waals surface area (Å²) in [5.41, 5.74) is 4.37. The highest BCUT2D eigenvalue weighted by atomic mass is 19.1. The summed E-state index contributed by atoms with van der Waals surface area (Å²) in [6.07, 6.45) is 4.10. The number of hydrogen-bond acceptors (Lipinski definition) is 5. The van der Waals surface area contributed by atoms with Gasteiger partial charge in [-0.25, -0.2) is 4.39 Å². The lowest BCUT2D eigenvalue weighted by molar-refractivity contribution is -0.384. The number of nitrogens with one attached hydrogen (secondary N) is 2. The van der Waals surface area contributed by atoms with Crippen LogP contribution >= 0.6 is 0 Å². The third-order valence-corrected chi connectivity index (χ3v) is 4.79. The number of carbonyl (C=O) groups is 2. The summed E-state index contributed by atoms with van der Waals surface area (Å²) in [7, 11) is 0. The average molecular weight is 400 g/mol. The number of nitro groups is 1. The van der Waals surface area contributed by atoms with Crippen LogP contribution in [0, 0.1) is 15.9 Å². The fraction of sp³-hybridized carbons (Fsp3) is 0.300. The molecule has 1 heterocycles. The second kappa shape index (κ2) is 9.13. The maximum absolute atomic E-state index is 13.6. The van der Waals surface area contributed by atoms with Crippen molar-refractivity contribution in [1.29, 1.82) is 0 Å². The molecule has 2 N–H and O–H groups in total. The van der Waals surface area contributed by atoms with Crippen molar-refractivity contribution in [2.75, 3.05) is 18.0 Å². The summed E-state index contributed by atoms with van der Waals surface area (Å²) < 4.78 is 13.6. The van der Waals surface area contributed by atoms with Gasteiger partial charge in [-0.15, -0.1) is 0 Å². The van der Waals surface area contributed by atoms with Gasteiger partial charge >= 0.3 is 0 Å². The van der Waals surface area contributed by atoms with Gasteiger partial charge in [-0.05, 0) is 37.1 Å². The number of halogens is 1. The number of nitrogens with zero attached hydrogens (tertiary/aromatic N) is 2. The zero-order valence-electron chi connectivity index (χ0n) is 15.7. The Morgan fingerprint density at radius 2 is 1.62 bits per heavy atom. The van der Waals surface area contributed by atoms with Crippen LogP contribution in [-0.2, 0) is 0 Å². The average Bonchev–Trinajstić information content (AvgIpc) is 3.01. The summed E-state index contributed by atoms with van der Waals surface area (Å²) in [5, 5.41) is 11.5. The Kier molecular flexibility index (Phi) is 6.38. The third-order valence-electron chi connectivity index (χ3n) is 4.79. The van der Waals surface area contributed by atoms with Crippen LogP contribution in [0.25, 0.3) is 0 Å². The molecule has 29 heavy (non-hydrogen) atoms. The SMILES string of the molecule is O=C(NNC(=O)c1ccccc1F)c1ccc(N2CCCCCC2)c([N+](=O)[O-])c1. The predicted octanol–water partition coefficient (Wildman–Crippen LogP) is 3.19. The molecule has 0 unspecified atom stereocenters. The van der Waals surface area contributed by atoms with Crippen molar-refractivity contribution in [2.45, 2.75) is 25.7 Å². The van der Waals surface area contributed by atoms with E-state index >= 15 is 0 Å². The van der Waals surface area contributed by atoms with Gasteiger partial charge in [0, 0.05) is 24.7 Å². The summed E-state index contributed by atoms with van der Waals surface area (Å²) in [6, 6.07) is 9.54. The Morgan fingerprint density at radius 3 is 2.28 bits per heavy atom. The van der Waals surface area contributed by atoms with E-state index in [9.17, 15) is 24.1 Å². The number of carbonyl (C=O) groups excluding carboxylic acids is 2. The van der Waals surface area contributed by atoms with E-state index in [0.717, 1.165) is 44.8 Å². The molecular weight excluding hydrogens is 379 g/mol. The second-order valence-corrected chi connectivity index (χ2v) is 6.75. The van der Waals surface area contributed by atoms with Crippen LogP contribution < -0.4 is 15.8 Å². The fourth-order valence-corrected chi connectivity index (χ4v) is 3.29. The summed E-state index contributed by atoms with van der Waals surface area (Å²) in [6.45, 7) is 1.45. The Labute approximate surface area is 166 Å². The molecule has 0 aromatic heterocycles. The molecule has 2 amide bonds. The van der Waals surface area contributed by atoms with E-state index in [4.69, 9.17) is 0 Å². The number of hydrazine groups is 1. The van der Waals surface area contributed by atoms with Crippen LogP contribution in [0.4, 0.5) is 15.8 Å². The number of amides is 2. The normalized spacial score (nSPS) is 14.0. The molecule has 9 heteroatoms. The van der Waals surface area contributed by atoms with Crippen molar-refractivity contribution in [3.63, 3.8) is 0 Å². The van der Waals surface area contributed by atoms with Crippen LogP contribution in [0.5, 0.6) is 0 Å². The van der Waals surface area contributed by atoms with Crippen LogP contribution in [0.15, 0.2) is 42.5 Å². The predicted molar refractivity (Wildman–Crippen MR) is 105 cm³/mol. The number of rotatable bonds is 4. The first kappa shape index (κ1) is 20.2. The largest absolute Gasteiger partial charge is 0.366 e. The van der Waals surface area contributed by atoms with Gasteiger partial charge in [-0.1, -0.05) is 25.0 Å². The smallest absolute Gasteiger partial charge is 0.293 e. The molecule has 3 rings (SSSR count). The van der Waals surface area contributed by atoms with Crippen molar-refractivity contribution in [1.82, 2.24) is 10.9 Å². The molecule has 1 fully saturated rings. The van der Waals surface area contributed by atoms with Gasteiger partial charge in [-0.2, -0.15) is 0 Å². The van der Waals surface area contributed by atoms with Gasteiger partial charge in [-0.3, -0.25) is 30.6 Å². The minimum absolute atomic E-state index is 0.0177. The van der Waals surface area contributed by atoms with Crippen LogP contribution in [0.3, 0.4) is 0 Å². The van der Waals surface area contributed by atoms with Crippen molar-refractivity contribution in [3.05, 3.63) is 69.5 Å². The summed E-state index contributed by atoms with van der Waals surface area (Å²) >= 11 is 0. The first-order chi connectivity index (χ1) is 14.0. The Hall–Kier alpha value is -3.49. The molecule has 0 aliphatic carbocycles. The van der Waals surface area contributed by atoms with E-state index in [1.165, 1.54) is 30.3 Å². The lowest BCUT2D eigenvalue weighted by Crippen LogP contribution is -2.42. The van der Waals surface area contributed by atoms with E-state index < -0.39 is 22.6 Å². The highest BCUT2D eigenvalue weighted by Crippen LogP contribution is 2.31. The van der Waals surface area contributed by atoms with Crippen LogP contribution in [0.1, 0.15) is 46.4 Å². The molecule has 8 nitrogen and oxygen atoms in total. The van der Waals surface area contributed by atoms with E-state index in [1.807, 2.05) is 4.90 Å². The first-order valence-corrected chi connectivity index (χ1v) is 9.36. The number of anilines is 1. The van der Waals surface area contributed by atoms with Gasteiger partial charge in [0.05, 0.1) is 10.5 Å². The molecule has 0 bridgehead atoms. The van der Waals surface area contributed by atoms with E-state index in [2.05, 4.69) is 10.9 Å². The molecule has 0 atom stereocenters. The minimum atomic E-state index is -0.827. The van der Waals surface area contributed by atoms with Gasteiger partial charge < -0.3 is 4.90 Å². The topological polar surface area (TPSA) is 105 Å². The maximum Gasteiger partial charge on any atom is 0.293 e. The Bertz CT molecular complexity index is 926. The van der Waals surface area contributed by atoms with Gasteiger partial charge in [0.1, 0.15) is 11.5 Å². The lowest BCUT2D eigenvalue weighted by Gasteiger charge is -2.22. The minimum Gasteiger partial charge on any atom is -0.366 e. The molecule has 1 aliphatic heterocycles. The third kappa shape index (κ3) is 4.87. The Morgan fingerprint density at radius 1 is 0.966 bits per heavy atom. The number of hydrogen-bond donors (Lipinski definition) is 2. The maximum atomic E-state index is 13.6. The van der Waals surface area contributed by atoms with Gasteiger partial charge in [0.15, 0.2) is 0 Å². The summed E-state index contributed by atoms with van der Waals surface area (Å²) in [5.74, 6) is -2.29. The first-order valence-electron chi connectivity index (χ1n) is 9.36. The number of nitro benzene ring substituents is 1. The standard InChI is InChI=1S/C20H21FN4O4/c21-16-8-4-3-7-15(16)20(27)23-22-19(26)14-9-10-17(18(13-14)25(28)29)24-11-5-1-2-6-12-24/h3-4,7-10,13H,1-2,5-6,11-12H2,(H,22,26)(H,23,27). The van der Waals surface area contributed by atoms with Crippen molar-refractivity contribution in [3.8, 4) is 0 Å². The quantitative estimate of drug-likeness (QED) is 0.606. The van der Waals surface area contributed by atoms with Crippen molar-refractivity contribution in [2.24, 2.45) is 0 Å². The molecule has 0 saturated carbocycles. The van der Waals surface area contributed by atoms with E-state index in [-0.39, 0.29) is 16.8 Å². The molecule has 2 aromatic rings. The zero-order valence-corrected chi connectivity index (χ0v) is 15.7. The second-order valence-electron chi connectivity index (χ2n) is 6.75. The van der Waals surface area contributed by atoms with Crippen molar-refractivity contribution < 1.29 is 18.9 Å². The van der Waals surface area contributed by atoms with Crippen molar-refractivity contribution >= 4 is 23.2 Å². The molecule has 0 radical (unpaired) electrons. The monoisotopic (exact) mass is 400 g/mol. The molecular formula is C20H21FN4O4. The molecule has 152 valence electrons. The van der Waals surface area contributed by atoms with Gasteiger partial charge in [0.2, 0.25) is 0 Å². The zero-order chi connectivity index (χ0) is 20.8. The molecule has 1 saturated heterocycles. The molecule has 1 aliphatic rings. The van der Waals surface area contributed by atoms with Gasteiger partial charge in [0.25, 0.3) is 17.5 Å². The number of benzene rings is 2. The van der Waals surface area contributed by atoms with E-state index in [1.54, 1.807) is 6.07 Å². The van der Waals surface area contributed by atoms with E-state index in [0.29, 0.717) is 5.69 Å². The summed E-state index contributed by atoms with van der Waals surface area (Å²) in [4.78, 5) is 37.3. The van der Waals surface area contributed by atoms with Crippen LogP contribution in [0.2, 0.25) is 0 Å². The highest BCUT2D eigenvalue weighted by molar-refractivity contribution is 5.99. The Balaban J connectivity index is 1.73. The fourth-order valence-electron chi connectivity index (χ4n) is 3.29.